The Balaban J connectivity index is -0.000000202. The zero-order chi connectivity index (χ0) is 36.0. The molecule has 2 fully saturated rings. The second-order valence-corrected chi connectivity index (χ2v) is 14.9. The van der Waals surface area contributed by atoms with Crippen molar-refractivity contribution in [1.82, 2.24) is 0 Å². The average molecular weight is 877 g/mol. The van der Waals surface area contributed by atoms with Crippen LogP contribution in [-0.4, -0.2) is 66.8 Å². The van der Waals surface area contributed by atoms with Crippen LogP contribution in [0.3, 0.4) is 0 Å². The topological polar surface area (TPSA) is 124 Å². The molecule has 2 rings (SSSR count). The van der Waals surface area contributed by atoms with Crippen molar-refractivity contribution >= 4 is 44.4 Å². The third-order valence-electron chi connectivity index (χ3n) is 6.63. The quantitative estimate of drug-likeness (QED) is 0.0864. The van der Waals surface area contributed by atoms with Gasteiger partial charge in [0.05, 0.1) is 39.6 Å². The number of rotatable bonds is 20. The SMILES string of the molecule is CCCCCCCCCCOP1OCC(C)(C)CO1.CCCCCCCCCCOP1OCC(C)(C)CO1.[C]=O.[C]=O.[C]=O.[C]=O.[W]. The van der Waals surface area contributed by atoms with Crippen molar-refractivity contribution in [2.24, 2.45) is 10.8 Å². The molecule has 0 spiro atoms. The summed E-state index contributed by atoms with van der Waals surface area (Å²) in [5, 5.41) is 0. The maximum Gasteiger partial charge on any atom is 0.332 e. The van der Waals surface area contributed by atoms with Crippen LogP contribution >= 0.6 is 17.2 Å². The maximum atomic E-state index is 7.50. The molecule has 2 aliphatic rings. The van der Waals surface area contributed by atoms with Gasteiger partial charge in [0.25, 0.3) is 27.2 Å². The van der Waals surface area contributed by atoms with Gasteiger partial charge in [-0.2, -0.15) is 0 Å². The Morgan fingerprint density at radius 2 is 0.660 bits per heavy atom. The number of hydrogen-bond acceptors (Lipinski definition) is 10. The number of hydrogen-bond donors (Lipinski definition) is 0. The summed E-state index contributed by atoms with van der Waals surface area (Å²) in [5.74, 6) is 0. The Morgan fingerprint density at radius 3 is 0.894 bits per heavy atom. The van der Waals surface area contributed by atoms with Gasteiger partial charge in [-0.1, -0.05) is 131 Å². The van der Waals surface area contributed by atoms with Gasteiger partial charge in [-0.05, 0) is 12.8 Å². The second-order valence-electron chi connectivity index (χ2n) is 12.5. The molecule has 8 radical (unpaired) electrons. The maximum absolute atomic E-state index is 7.50. The molecule has 0 unspecified atom stereocenters. The van der Waals surface area contributed by atoms with Gasteiger partial charge in [0.15, 0.2) is 0 Å². The van der Waals surface area contributed by atoms with Gasteiger partial charge in [0.1, 0.15) is 0 Å². The minimum Gasteiger partial charge on any atom is -0.312 e. The molecular weight excluding hydrogens is 814 g/mol. The van der Waals surface area contributed by atoms with E-state index >= 15 is 0 Å². The van der Waals surface area contributed by atoms with E-state index in [4.69, 9.17) is 46.3 Å². The Hall–Kier alpha value is -0.0117. The minimum atomic E-state index is -1.06. The predicted octanol–water partition coefficient (Wildman–Crippen LogP) is 9.30. The third-order valence-corrected chi connectivity index (χ3v) is 8.78. The van der Waals surface area contributed by atoms with Crippen LogP contribution in [0.25, 0.3) is 0 Å². The molecule has 0 N–H and O–H groups in total. The first kappa shape index (κ1) is 56.4. The van der Waals surface area contributed by atoms with Crippen LogP contribution in [0.15, 0.2) is 0 Å². The molecule has 0 saturated carbocycles. The summed E-state index contributed by atoms with van der Waals surface area (Å²) in [7, 11) is -2.13. The van der Waals surface area contributed by atoms with Gasteiger partial charge in [-0.3, -0.25) is 19.2 Å². The summed E-state index contributed by atoms with van der Waals surface area (Å²) in [4.78, 5) is 30.0. The van der Waals surface area contributed by atoms with Crippen molar-refractivity contribution in [3.8, 4) is 0 Å². The largest absolute Gasteiger partial charge is 0.332 e. The molecule has 274 valence electrons. The summed E-state index contributed by atoms with van der Waals surface area (Å²) in [6.07, 6.45) is 21.2. The number of carbonyl (C=O) groups excluding carboxylic acids is 4. The zero-order valence-corrected chi connectivity index (χ0v) is 34.7. The van der Waals surface area contributed by atoms with Crippen molar-refractivity contribution in [3.05, 3.63) is 0 Å². The van der Waals surface area contributed by atoms with E-state index in [1.54, 1.807) is 0 Å². The van der Waals surface area contributed by atoms with E-state index in [9.17, 15) is 0 Å². The summed E-state index contributed by atoms with van der Waals surface area (Å²) < 4.78 is 33.6. The molecular formula is C34H62O10P2W. The van der Waals surface area contributed by atoms with Crippen LogP contribution in [0.5, 0.6) is 0 Å². The number of unbranched alkanes of at least 4 members (excludes halogenated alkanes) is 14. The Labute approximate surface area is 305 Å². The molecule has 10 nitrogen and oxygen atoms in total. The molecule has 0 aliphatic carbocycles. The molecule has 0 amide bonds. The summed E-state index contributed by atoms with van der Waals surface area (Å²) >= 11 is 0. The minimum absolute atomic E-state index is 0. The van der Waals surface area contributed by atoms with Gasteiger partial charge >= 0.3 is 17.2 Å². The van der Waals surface area contributed by atoms with E-state index in [0.29, 0.717) is 0 Å². The molecule has 2 saturated heterocycles. The van der Waals surface area contributed by atoms with Gasteiger partial charge in [-0.15, -0.1) is 0 Å². The summed E-state index contributed by atoms with van der Waals surface area (Å²) in [6.45, 7) is 35.7. The normalized spacial score (nSPS) is 16.3. The van der Waals surface area contributed by atoms with Crippen molar-refractivity contribution in [2.75, 3.05) is 39.6 Å². The van der Waals surface area contributed by atoms with Crippen LogP contribution in [0.4, 0.5) is 0 Å². The first-order valence-corrected chi connectivity index (χ1v) is 18.7. The van der Waals surface area contributed by atoms with Crippen molar-refractivity contribution in [1.29, 1.82) is 0 Å². The van der Waals surface area contributed by atoms with E-state index < -0.39 is 17.2 Å². The van der Waals surface area contributed by atoms with E-state index in [-0.39, 0.29) is 31.9 Å². The Kier molecular flexibility index (Phi) is 52.8. The van der Waals surface area contributed by atoms with E-state index in [1.165, 1.54) is 89.9 Å². The van der Waals surface area contributed by atoms with Crippen LogP contribution in [-0.2, 0) is 67.4 Å². The fraction of sp³-hybridized carbons (Fsp3) is 0.882. The summed E-state index contributed by atoms with van der Waals surface area (Å²) in [6, 6.07) is 0. The van der Waals surface area contributed by atoms with Gasteiger partial charge in [0, 0.05) is 31.9 Å². The molecule has 2 aliphatic heterocycles. The van der Waals surface area contributed by atoms with E-state index in [2.05, 4.69) is 68.7 Å². The van der Waals surface area contributed by atoms with Crippen molar-refractivity contribution in [2.45, 2.75) is 144 Å². The van der Waals surface area contributed by atoms with Crippen molar-refractivity contribution in [3.63, 3.8) is 0 Å². The molecule has 2 heterocycles. The van der Waals surface area contributed by atoms with Crippen LogP contribution in [0, 0.1) is 10.8 Å². The molecule has 0 aromatic rings. The van der Waals surface area contributed by atoms with Gasteiger partial charge < -0.3 is 27.1 Å². The first-order valence-electron chi connectivity index (χ1n) is 16.5. The van der Waals surface area contributed by atoms with Crippen LogP contribution in [0.2, 0.25) is 0 Å². The predicted molar refractivity (Wildman–Crippen MR) is 185 cm³/mol. The third kappa shape index (κ3) is 42.1. The molecule has 0 bridgehead atoms. The van der Waals surface area contributed by atoms with Gasteiger partial charge in [-0.25, -0.2) is 0 Å². The fourth-order valence-electron chi connectivity index (χ4n) is 3.97. The van der Waals surface area contributed by atoms with E-state index in [0.717, 1.165) is 52.5 Å². The first-order chi connectivity index (χ1) is 22.3. The van der Waals surface area contributed by atoms with Crippen molar-refractivity contribution < 1.29 is 67.4 Å². The smallest absolute Gasteiger partial charge is 0.312 e. The van der Waals surface area contributed by atoms with Crippen LogP contribution < -0.4 is 0 Å². The molecule has 0 atom stereocenters. The second kappa shape index (κ2) is 44.0. The van der Waals surface area contributed by atoms with Gasteiger partial charge in [0.2, 0.25) is 0 Å². The fourth-order valence-corrected chi connectivity index (χ4v) is 6.79. The molecule has 0 aromatic heterocycles. The monoisotopic (exact) mass is 876 g/mol. The van der Waals surface area contributed by atoms with E-state index in [1.807, 2.05) is 0 Å². The Bertz CT molecular complexity index is 535. The molecule has 13 heteroatoms. The Morgan fingerprint density at radius 1 is 0.447 bits per heavy atom. The van der Waals surface area contributed by atoms with Crippen LogP contribution in [0.1, 0.15) is 144 Å². The average Bonchev–Trinajstić information content (AvgIpc) is 3.08. The summed E-state index contributed by atoms with van der Waals surface area (Å²) in [5.41, 5.74) is 0.279. The molecule has 47 heavy (non-hydrogen) atoms. The molecule has 0 aromatic carbocycles. The standard InChI is InChI=1S/2C15H31O3P.4CO.W/c2*1-4-5-6-7-8-9-10-11-12-16-19-17-13-15(2,3)14-18-19;4*1-2;/h2*4-14H2,1-3H3;;;;;. The zero-order valence-electron chi connectivity index (χ0n) is 29.9.